The van der Waals surface area contributed by atoms with Gasteiger partial charge >= 0.3 is 29.6 Å². The van der Waals surface area contributed by atoms with E-state index >= 15 is 0 Å². The van der Waals surface area contributed by atoms with Crippen molar-refractivity contribution in [3.05, 3.63) is 71.8 Å². The summed E-state index contributed by atoms with van der Waals surface area (Å²) in [6.07, 6.45) is 0. The van der Waals surface area contributed by atoms with E-state index in [4.69, 9.17) is 24.8 Å². The molecular formula is C15H16NNaOS2. The first-order valence-corrected chi connectivity index (χ1v) is 6.61. The van der Waals surface area contributed by atoms with E-state index in [0.717, 1.165) is 13.1 Å². The number of hydrogen-bond donors (Lipinski definition) is 0. The van der Waals surface area contributed by atoms with Gasteiger partial charge in [-0.2, -0.15) is 0 Å². The molecule has 0 spiro atoms. The molecule has 2 nitrogen and oxygen atoms in total. The molecule has 0 saturated carbocycles. The normalized spacial score (nSPS) is 9.00. The Morgan fingerprint density at radius 2 is 1.20 bits per heavy atom. The number of thiocarbonyl (C=S) groups is 1. The average Bonchev–Trinajstić information content (AvgIpc) is 2.40. The molecule has 5 heteroatoms. The first kappa shape index (κ1) is 19.5. The van der Waals surface area contributed by atoms with E-state index in [1.165, 1.54) is 11.1 Å². The van der Waals surface area contributed by atoms with Gasteiger partial charge in [0.25, 0.3) is 0 Å². The molecule has 0 aliphatic heterocycles. The van der Waals surface area contributed by atoms with Crippen LogP contribution in [0.3, 0.4) is 0 Å². The summed E-state index contributed by atoms with van der Waals surface area (Å²) in [5, 5.41) is 0. The molecule has 0 aliphatic rings. The minimum absolute atomic E-state index is 0. The van der Waals surface area contributed by atoms with Gasteiger partial charge in [0.15, 0.2) is 0 Å². The van der Waals surface area contributed by atoms with Crippen LogP contribution in [0.25, 0.3) is 0 Å². The van der Waals surface area contributed by atoms with Crippen molar-refractivity contribution in [1.29, 1.82) is 0 Å². The zero-order valence-electron chi connectivity index (χ0n) is 11.5. The zero-order chi connectivity index (χ0) is 12.8. The Kier molecular flexibility index (Phi) is 10.0. The molecule has 0 radical (unpaired) electrons. The van der Waals surface area contributed by atoms with Crippen LogP contribution in [0.15, 0.2) is 60.7 Å². The standard InChI is InChI=1S/C15H15NS2.Na.H2O/c17-15(18)16(11-13-7-3-1-4-8-13)12-14-9-5-2-6-10-14;;/h1-10H,11-12H2,(H,17,18);;1H2/q;+1;/p-1. The summed E-state index contributed by atoms with van der Waals surface area (Å²) in [4.78, 5) is 2.04. The summed E-state index contributed by atoms with van der Waals surface area (Å²) < 4.78 is 0.516. The number of rotatable bonds is 4. The van der Waals surface area contributed by atoms with Gasteiger partial charge in [-0.1, -0.05) is 65.0 Å². The van der Waals surface area contributed by atoms with Crippen molar-refractivity contribution in [2.75, 3.05) is 0 Å². The van der Waals surface area contributed by atoms with Crippen LogP contribution in [-0.2, 0) is 25.7 Å². The van der Waals surface area contributed by atoms with Crippen molar-refractivity contribution >= 4 is 29.2 Å². The molecule has 0 amide bonds. The summed E-state index contributed by atoms with van der Waals surface area (Å²) in [6.45, 7) is 1.52. The van der Waals surface area contributed by atoms with Crippen molar-refractivity contribution in [2.45, 2.75) is 13.1 Å². The molecule has 2 rings (SSSR count). The van der Waals surface area contributed by atoms with Crippen LogP contribution in [0, 0.1) is 0 Å². The first-order valence-electron chi connectivity index (χ1n) is 5.79. The largest absolute Gasteiger partial charge is 1.00 e. The molecule has 0 saturated heterocycles. The smallest absolute Gasteiger partial charge is 0.412 e. The van der Waals surface area contributed by atoms with Crippen LogP contribution in [0.4, 0.5) is 0 Å². The van der Waals surface area contributed by atoms with E-state index in [-0.39, 0.29) is 35.0 Å². The maximum Gasteiger partial charge on any atom is 1.00 e. The predicted molar refractivity (Wildman–Crippen MR) is 85.7 cm³/mol. The Balaban J connectivity index is 0.00000180. The molecular weight excluding hydrogens is 297 g/mol. The summed E-state index contributed by atoms with van der Waals surface area (Å²) >= 11 is 10.3. The Labute approximate surface area is 153 Å². The van der Waals surface area contributed by atoms with E-state index < -0.39 is 0 Å². The van der Waals surface area contributed by atoms with Gasteiger partial charge in [0, 0.05) is 13.1 Å². The Morgan fingerprint density at radius 3 is 1.50 bits per heavy atom. The van der Waals surface area contributed by atoms with Gasteiger partial charge in [0.05, 0.1) is 0 Å². The molecule has 0 fully saturated rings. The number of nitrogens with zero attached hydrogens (tertiary/aromatic N) is 1. The molecule has 0 unspecified atom stereocenters. The quantitative estimate of drug-likeness (QED) is 0.442. The molecule has 100 valence electrons. The van der Waals surface area contributed by atoms with Crippen LogP contribution in [-0.4, -0.2) is 14.7 Å². The van der Waals surface area contributed by atoms with Gasteiger partial charge in [0.1, 0.15) is 0 Å². The summed E-state index contributed by atoms with van der Waals surface area (Å²) in [6, 6.07) is 20.5. The predicted octanol–water partition coefficient (Wildman–Crippen LogP) is -0.300. The summed E-state index contributed by atoms with van der Waals surface area (Å²) in [5.41, 5.74) is 2.45. The van der Waals surface area contributed by atoms with Crippen molar-refractivity contribution in [2.24, 2.45) is 0 Å². The van der Waals surface area contributed by atoms with Gasteiger partial charge < -0.3 is 35.2 Å². The van der Waals surface area contributed by atoms with E-state index in [0.29, 0.717) is 4.32 Å². The minimum atomic E-state index is 0. The van der Waals surface area contributed by atoms with E-state index in [2.05, 4.69) is 24.3 Å². The van der Waals surface area contributed by atoms with Crippen molar-refractivity contribution in [3.63, 3.8) is 0 Å². The summed E-state index contributed by atoms with van der Waals surface area (Å²) in [5.74, 6) is 0. The van der Waals surface area contributed by atoms with Crippen LogP contribution in [0.2, 0.25) is 0 Å². The van der Waals surface area contributed by atoms with E-state index in [1.807, 2.05) is 41.3 Å². The third-order valence-electron chi connectivity index (χ3n) is 2.69. The van der Waals surface area contributed by atoms with Gasteiger partial charge in [-0.3, -0.25) is 0 Å². The fourth-order valence-electron chi connectivity index (χ4n) is 1.79. The van der Waals surface area contributed by atoms with Crippen molar-refractivity contribution in [1.82, 2.24) is 4.90 Å². The third-order valence-corrected chi connectivity index (χ3v) is 3.21. The van der Waals surface area contributed by atoms with Crippen LogP contribution < -0.4 is 29.6 Å². The maximum atomic E-state index is 5.16. The number of benzene rings is 2. The SMILES string of the molecule is O.S=C([S-])N(Cc1ccccc1)Cc1ccccc1.[Na+]. The maximum absolute atomic E-state index is 5.16. The zero-order valence-corrected chi connectivity index (χ0v) is 15.1. The molecule has 0 heterocycles. The second-order valence-electron chi connectivity index (χ2n) is 4.09. The Morgan fingerprint density at radius 1 is 0.850 bits per heavy atom. The molecule has 0 atom stereocenters. The third kappa shape index (κ3) is 6.31. The van der Waals surface area contributed by atoms with Gasteiger partial charge in [0.2, 0.25) is 0 Å². The number of hydrogen-bond acceptors (Lipinski definition) is 2. The van der Waals surface area contributed by atoms with Gasteiger partial charge in [-0.25, -0.2) is 0 Å². The molecule has 0 aromatic heterocycles. The monoisotopic (exact) mass is 313 g/mol. The molecule has 2 aromatic rings. The summed E-state index contributed by atoms with van der Waals surface area (Å²) in [7, 11) is 0. The Hall–Kier alpha value is -0.490. The first-order chi connectivity index (χ1) is 8.75. The molecule has 2 aromatic carbocycles. The van der Waals surface area contributed by atoms with E-state index in [1.54, 1.807) is 0 Å². The van der Waals surface area contributed by atoms with Gasteiger partial charge in [-0.15, -0.1) is 0 Å². The molecule has 0 aliphatic carbocycles. The van der Waals surface area contributed by atoms with Crippen molar-refractivity contribution < 1.29 is 35.0 Å². The van der Waals surface area contributed by atoms with Crippen LogP contribution in [0.5, 0.6) is 0 Å². The molecule has 0 bridgehead atoms. The van der Waals surface area contributed by atoms with Crippen LogP contribution in [0.1, 0.15) is 11.1 Å². The molecule has 20 heavy (non-hydrogen) atoms. The molecule has 2 N–H and O–H groups in total. The fourth-order valence-corrected chi connectivity index (χ4v) is 2.05. The van der Waals surface area contributed by atoms with E-state index in [9.17, 15) is 0 Å². The minimum Gasteiger partial charge on any atom is -0.412 e. The second-order valence-corrected chi connectivity index (χ2v) is 5.12. The van der Waals surface area contributed by atoms with Gasteiger partial charge in [-0.05, 0) is 11.1 Å². The fraction of sp³-hybridized carbons (Fsp3) is 0.133. The van der Waals surface area contributed by atoms with Crippen molar-refractivity contribution in [3.8, 4) is 0 Å². The average molecular weight is 313 g/mol. The second kappa shape index (κ2) is 10.3. The topological polar surface area (TPSA) is 34.7 Å². The van der Waals surface area contributed by atoms with Crippen LogP contribution >= 0.6 is 12.2 Å². The Bertz CT molecular complexity index is 466.